The minimum Gasteiger partial charge on any atom is -0.453 e. The quantitative estimate of drug-likeness (QED) is 0.589. The van der Waals surface area contributed by atoms with E-state index in [0.717, 1.165) is 19.3 Å². The zero-order valence-corrected chi connectivity index (χ0v) is 9.88. The average Bonchev–Trinajstić information content (AvgIpc) is 2.27. The second-order valence-electron chi connectivity index (χ2n) is 3.26. The summed E-state index contributed by atoms with van der Waals surface area (Å²) in [5.74, 6) is -0.102. The normalized spacial score (nSPS) is 9.62. The van der Waals surface area contributed by atoms with Gasteiger partial charge in [0.25, 0.3) is 0 Å². The van der Waals surface area contributed by atoms with E-state index in [1.54, 1.807) is 0 Å². The van der Waals surface area contributed by atoms with Crippen molar-refractivity contribution in [2.24, 2.45) is 0 Å². The second kappa shape index (κ2) is 10.2. The smallest absolute Gasteiger partial charge is 0.406 e. The molecule has 0 spiro atoms. The minimum absolute atomic E-state index is 0.101. The van der Waals surface area contributed by atoms with Crippen molar-refractivity contribution in [2.45, 2.75) is 19.3 Å². The molecular formula is C10H20N2O4. The number of carbonyl (C=O) groups excluding carboxylic acids is 2. The molecular weight excluding hydrogens is 212 g/mol. The first-order valence-electron chi connectivity index (χ1n) is 5.28. The van der Waals surface area contributed by atoms with Gasteiger partial charge in [-0.25, -0.2) is 4.79 Å². The fourth-order valence-electron chi connectivity index (χ4n) is 1.10. The van der Waals surface area contributed by atoms with Gasteiger partial charge in [0.15, 0.2) is 0 Å². The van der Waals surface area contributed by atoms with Gasteiger partial charge in [-0.15, -0.1) is 0 Å². The van der Waals surface area contributed by atoms with Crippen LogP contribution in [-0.2, 0) is 14.3 Å². The Morgan fingerprint density at radius 3 is 2.19 bits per heavy atom. The number of amides is 2. The molecule has 6 nitrogen and oxygen atoms in total. The standard InChI is InChI=1S/C10H20N2O4/c1-15-8-9(13)11-6-4-3-5-7-12-10(14)16-2/h3-8H2,1-2H3,(H,11,13)(H,12,14). The van der Waals surface area contributed by atoms with E-state index in [1.165, 1.54) is 14.2 Å². The monoisotopic (exact) mass is 232 g/mol. The maximum atomic E-state index is 11.0. The molecule has 0 aliphatic rings. The lowest BCUT2D eigenvalue weighted by Gasteiger charge is -2.05. The summed E-state index contributed by atoms with van der Waals surface area (Å²) in [7, 11) is 2.82. The van der Waals surface area contributed by atoms with Gasteiger partial charge >= 0.3 is 6.09 Å². The van der Waals surface area contributed by atoms with Gasteiger partial charge in [-0.05, 0) is 19.3 Å². The van der Waals surface area contributed by atoms with Crippen LogP contribution in [0.5, 0.6) is 0 Å². The molecule has 2 N–H and O–H groups in total. The van der Waals surface area contributed by atoms with Crippen LogP contribution in [0.4, 0.5) is 4.79 Å². The fourth-order valence-corrected chi connectivity index (χ4v) is 1.10. The fraction of sp³-hybridized carbons (Fsp3) is 0.800. The first-order chi connectivity index (χ1) is 7.70. The van der Waals surface area contributed by atoms with Gasteiger partial charge in [-0.1, -0.05) is 0 Å². The molecule has 0 saturated heterocycles. The third-order valence-electron chi connectivity index (χ3n) is 1.91. The van der Waals surface area contributed by atoms with Crippen LogP contribution in [0.25, 0.3) is 0 Å². The van der Waals surface area contributed by atoms with Crippen molar-refractivity contribution in [1.82, 2.24) is 10.6 Å². The number of unbranched alkanes of at least 4 members (excludes halogenated alkanes) is 2. The Labute approximate surface area is 95.7 Å². The highest BCUT2D eigenvalue weighted by Gasteiger charge is 1.99. The molecule has 0 aromatic rings. The average molecular weight is 232 g/mol. The Hall–Kier alpha value is -1.30. The molecule has 0 unspecified atom stereocenters. The molecule has 0 fully saturated rings. The number of rotatable bonds is 8. The van der Waals surface area contributed by atoms with Crippen LogP contribution in [0.1, 0.15) is 19.3 Å². The van der Waals surface area contributed by atoms with Crippen LogP contribution < -0.4 is 10.6 Å². The van der Waals surface area contributed by atoms with Crippen LogP contribution in [0.3, 0.4) is 0 Å². The predicted molar refractivity (Wildman–Crippen MR) is 59.1 cm³/mol. The molecule has 0 heterocycles. The molecule has 0 saturated carbocycles. The summed E-state index contributed by atoms with van der Waals surface area (Å²) in [6.45, 7) is 1.34. The lowest BCUT2D eigenvalue weighted by atomic mass is 10.2. The molecule has 0 radical (unpaired) electrons. The minimum atomic E-state index is -0.409. The predicted octanol–water partition coefficient (Wildman–Crippen LogP) is 0.275. The van der Waals surface area contributed by atoms with Gasteiger partial charge in [0.1, 0.15) is 6.61 Å². The van der Waals surface area contributed by atoms with Gasteiger partial charge in [0.05, 0.1) is 7.11 Å². The van der Waals surface area contributed by atoms with E-state index in [0.29, 0.717) is 13.1 Å². The molecule has 0 rings (SSSR count). The number of ether oxygens (including phenoxy) is 2. The lowest BCUT2D eigenvalue weighted by Crippen LogP contribution is -2.28. The van der Waals surface area contributed by atoms with E-state index >= 15 is 0 Å². The Bertz CT molecular complexity index is 209. The van der Waals surface area contributed by atoms with Crippen LogP contribution in [0, 0.1) is 0 Å². The SMILES string of the molecule is COCC(=O)NCCCCCNC(=O)OC. The summed E-state index contributed by atoms with van der Waals surface area (Å²) in [4.78, 5) is 21.6. The number of carbonyl (C=O) groups is 2. The van der Waals surface area contributed by atoms with E-state index in [4.69, 9.17) is 0 Å². The zero-order chi connectivity index (χ0) is 12.2. The summed E-state index contributed by atoms with van der Waals surface area (Å²) in [5.41, 5.74) is 0. The summed E-state index contributed by atoms with van der Waals surface area (Å²) in [6.07, 6.45) is 2.29. The number of methoxy groups -OCH3 is 2. The largest absolute Gasteiger partial charge is 0.453 e. The van der Waals surface area contributed by atoms with Crippen LogP contribution in [-0.4, -0.2) is 45.9 Å². The van der Waals surface area contributed by atoms with Crippen molar-refractivity contribution in [3.05, 3.63) is 0 Å². The summed E-state index contributed by atoms with van der Waals surface area (Å²) in [5, 5.41) is 5.30. The van der Waals surface area contributed by atoms with Crippen molar-refractivity contribution < 1.29 is 19.1 Å². The summed E-state index contributed by atoms with van der Waals surface area (Å²) in [6, 6.07) is 0. The van der Waals surface area contributed by atoms with Crippen molar-refractivity contribution in [2.75, 3.05) is 33.9 Å². The molecule has 0 aromatic heterocycles. The van der Waals surface area contributed by atoms with Gasteiger partial charge in [-0.3, -0.25) is 4.79 Å². The molecule has 0 bridgehead atoms. The highest BCUT2D eigenvalue weighted by Crippen LogP contribution is 1.92. The van der Waals surface area contributed by atoms with E-state index in [1.807, 2.05) is 0 Å². The Morgan fingerprint density at radius 2 is 1.62 bits per heavy atom. The number of alkyl carbamates (subject to hydrolysis) is 1. The molecule has 16 heavy (non-hydrogen) atoms. The maximum Gasteiger partial charge on any atom is 0.406 e. The highest BCUT2D eigenvalue weighted by atomic mass is 16.5. The first-order valence-corrected chi connectivity index (χ1v) is 5.28. The molecule has 2 amide bonds. The molecule has 0 atom stereocenters. The maximum absolute atomic E-state index is 11.0. The molecule has 0 aliphatic heterocycles. The van der Waals surface area contributed by atoms with E-state index in [2.05, 4.69) is 20.1 Å². The van der Waals surface area contributed by atoms with E-state index < -0.39 is 6.09 Å². The van der Waals surface area contributed by atoms with Gasteiger partial charge in [0, 0.05) is 20.2 Å². The third-order valence-corrected chi connectivity index (χ3v) is 1.91. The summed E-state index contributed by atoms with van der Waals surface area (Å²) < 4.78 is 9.08. The van der Waals surface area contributed by atoms with Gasteiger partial charge in [-0.2, -0.15) is 0 Å². The van der Waals surface area contributed by atoms with Crippen molar-refractivity contribution >= 4 is 12.0 Å². The topological polar surface area (TPSA) is 76.7 Å². The third kappa shape index (κ3) is 9.26. The Kier molecular flexibility index (Phi) is 9.39. The zero-order valence-electron chi connectivity index (χ0n) is 9.88. The molecule has 94 valence electrons. The van der Waals surface area contributed by atoms with E-state index in [9.17, 15) is 9.59 Å². The number of hydrogen-bond donors (Lipinski definition) is 2. The number of hydrogen-bond acceptors (Lipinski definition) is 4. The van der Waals surface area contributed by atoms with Crippen LogP contribution in [0.2, 0.25) is 0 Å². The summed E-state index contributed by atoms with van der Waals surface area (Å²) >= 11 is 0. The molecule has 6 heteroatoms. The van der Waals surface area contributed by atoms with Crippen LogP contribution >= 0.6 is 0 Å². The van der Waals surface area contributed by atoms with E-state index in [-0.39, 0.29) is 12.5 Å². The van der Waals surface area contributed by atoms with Crippen molar-refractivity contribution in [3.63, 3.8) is 0 Å². The van der Waals surface area contributed by atoms with Crippen molar-refractivity contribution in [1.29, 1.82) is 0 Å². The number of nitrogens with one attached hydrogen (secondary N) is 2. The van der Waals surface area contributed by atoms with Crippen molar-refractivity contribution in [3.8, 4) is 0 Å². The van der Waals surface area contributed by atoms with Crippen LogP contribution in [0.15, 0.2) is 0 Å². The highest BCUT2D eigenvalue weighted by molar-refractivity contribution is 5.77. The first kappa shape index (κ1) is 14.7. The second-order valence-corrected chi connectivity index (χ2v) is 3.26. The molecule has 0 aromatic carbocycles. The van der Waals surface area contributed by atoms with Gasteiger partial charge in [0.2, 0.25) is 5.91 Å². The molecule has 0 aliphatic carbocycles. The Morgan fingerprint density at radius 1 is 1.00 bits per heavy atom. The van der Waals surface area contributed by atoms with Gasteiger partial charge < -0.3 is 20.1 Å². The Balaban J connectivity index is 3.15. The lowest BCUT2D eigenvalue weighted by molar-refractivity contribution is -0.124.